The second kappa shape index (κ2) is 3.82. The SMILES string of the molecule is CC(C)(C)OC(=O)N1CCC=C1C=O. The Morgan fingerprint density at radius 1 is 1.57 bits per heavy atom. The molecule has 4 nitrogen and oxygen atoms in total. The maximum atomic E-state index is 11.5. The van der Waals surface area contributed by atoms with E-state index in [1.807, 2.05) is 0 Å². The molecule has 0 spiro atoms. The van der Waals surface area contributed by atoms with E-state index in [4.69, 9.17) is 4.74 Å². The summed E-state index contributed by atoms with van der Waals surface area (Å²) in [5.74, 6) is 0. The summed E-state index contributed by atoms with van der Waals surface area (Å²) in [6, 6.07) is 0. The highest BCUT2D eigenvalue weighted by Crippen LogP contribution is 2.17. The first kappa shape index (κ1) is 10.8. The number of rotatable bonds is 1. The summed E-state index contributed by atoms with van der Waals surface area (Å²) >= 11 is 0. The third-order valence-corrected chi connectivity index (χ3v) is 1.75. The van der Waals surface area contributed by atoms with Crippen LogP contribution in [-0.2, 0) is 9.53 Å². The highest BCUT2D eigenvalue weighted by atomic mass is 16.6. The summed E-state index contributed by atoms with van der Waals surface area (Å²) in [7, 11) is 0. The molecule has 1 aliphatic rings. The molecule has 0 aromatic carbocycles. The van der Waals surface area contributed by atoms with Gasteiger partial charge in [-0.1, -0.05) is 6.08 Å². The Hall–Kier alpha value is -1.32. The Labute approximate surface area is 83.5 Å². The van der Waals surface area contributed by atoms with Crippen LogP contribution >= 0.6 is 0 Å². The van der Waals surface area contributed by atoms with Crippen molar-refractivity contribution in [1.82, 2.24) is 4.90 Å². The smallest absolute Gasteiger partial charge is 0.414 e. The van der Waals surface area contributed by atoms with Crippen molar-refractivity contribution in [3.63, 3.8) is 0 Å². The number of aldehydes is 1. The van der Waals surface area contributed by atoms with E-state index in [0.717, 1.165) is 0 Å². The largest absolute Gasteiger partial charge is 0.443 e. The van der Waals surface area contributed by atoms with Crippen LogP contribution in [0.4, 0.5) is 4.79 Å². The quantitative estimate of drug-likeness (QED) is 0.601. The average Bonchev–Trinajstić information content (AvgIpc) is 2.47. The molecule has 0 aliphatic carbocycles. The number of hydrogen-bond acceptors (Lipinski definition) is 3. The van der Waals surface area contributed by atoms with Crippen molar-refractivity contribution in [3.8, 4) is 0 Å². The Morgan fingerprint density at radius 3 is 2.71 bits per heavy atom. The van der Waals surface area contributed by atoms with Gasteiger partial charge < -0.3 is 4.74 Å². The maximum absolute atomic E-state index is 11.5. The van der Waals surface area contributed by atoms with E-state index in [9.17, 15) is 9.59 Å². The molecule has 4 heteroatoms. The van der Waals surface area contributed by atoms with Gasteiger partial charge in [-0.15, -0.1) is 0 Å². The molecule has 0 saturated heterocycles. The number of hydrogen-bond donors (Lipinski definition) is 0. The fourth-order valence-electron chi connectivity index (χ4n) is 1.21. The van der Waals surface area contributed by atoms with Crippen molar-refractivity contribution in [3.05, 3.63) is 11.8 Å². The molecule has 0 saturated carbocycles. The van der Waals surface area contributed by atoms with Gasteiger partial charge in [0.05, 0.1) is 5.70 Å². The van der Waals surface area contributed by atoms with Crippen LogP contribution in [0.1, 0.15) is 27.2 Å². The first-order chi connectivity index (χ1) is 6.44. The van der Waals surface area contributed by atoms with Gasteiger partial charge in [0.2, 0.25) is 0 Å². The fourth-order valence-corrected chi connectivity index (χ4v) is 1.21. The minimum atomic E-state index is -0.520. The lowest BCUT2D eigenvalue weighted by molar-refractivity contribution is -0.106. The number of allylic oxidation sites excluding steroid dienone is 1. The first-order valence-electron chi connectivity index (χ1n) is 4.60. The summed E-state index contributed by atoms with van der Waals surface area (Å²) in [6.45, 7) is 5.92. The fraction of sp³-hybridized carbons (Fsp3) is 0.600. The molecular weight excluding hydrogens is 182 g/mol. The second-order valence-corrected chi connectivity index (χ2v) is 4.17. The normalized spacial score (nSPS) is 16.5. The van der Waals surface area contributed by atoms with Crippen LogP contribution in [0.15, 0.2) is 11.8 Å². The van der Waals surface area contributed by atoms with E-state index in [1.54, 1.807) is 26.8 Å². The van der Waals surface area contributed by atoms with E-state index < -0.39 is 11.7 Å². The molecule has 14 heavy (non-hydrogen) atoms. The van der Waals surface area contributed by atoms with E-state index in [2.05, 4.69) is 0 Å². The number of carbonyl (C=O) groups excluding carboxylic acids is 2. The highest BCUT2D eigenvalue weighted by molar-refractivity contribution is 5.83. The number of carbonyl (C=O) groups is 2. The van der Waals surface area contributed by atoms with Gasteiger partial charge in [-0.25, -0.2) is 4.79 Å². The Balaban J connectivity index is 2.62. The second-order valence-electron chi connectivity index (χ2n) is 4.17. The van der Waals surface area contributed by atoms with Crippen LogP contribution < -0.4 is 0 Å². The molecular formula is C10H15NO3. The van der Waals surface area contributed by atoms with Gasteiger partial charge in [0.25, 0.3) is 0 Å². The zero-order chi connectivity index (χ0) is 10.8. The zero-order valence-corrected chi connectivity index (χ0v) is 8.74. The van der Waals surface area contributed by atoms with E-state index in [-0.39, 0.29) is 0 Å². The van der Waals surface area contributed by atoms with Crippen LogP contribution in [0, 0.1) is 0 Å². The molecule has 0 N–H and O–H groups in total. The van der Waals surface area contributed by atoms with Crippen molar-refractivity contribution < 1.29 is 14.3 Å². The van der Waals surface area contributed by atoms with Crippen molar-refractivity contribution in [2.24, 2.45) is 0 Å². The average molecular weight is 197 g/mol. The van der Waals surface area contributed by atoms with Crippen molar-refractivity contribution in [2.45, 2.75) is 32.8 Å². The van der Waals surface area contributed by atoms with E-state index >= 15 is 0 Å². The van der Waals surface area contributed by atoms with Gasteiger partial charge in [0, 0.05) is 6.54 Å². The standard InChI is InChI=1S/C10H15NO3/c1-10(2,3)14-9(13)11-6-4-5-8(11)7-12/h5,7H,4,6H2,1-3H3. The summed E-state index contributed by atoms with van der Waals surface area (Å²) in [6.07, 6.45) is 2.68. The molecule has 0 radical (unpaired) electrons. The lowest BCUT2D eigenvalue weighted by Gasteiger charge is -2.24. The van der Waals surface area contributed by atoms with Gasteiger partial charge in [-0.3, -0.25) is 9.69 Å². The molecule has 0 fully saturated rings. The van der Waals surface area contributed by atoms with Crippen LogP contribution in [0.3, 0.4) is 0 Å². The third kappa shape index (κ3) is 2.58. The minimum absolute atomic E-state index is 0.402. The molecule has 0 aromatic heterocycles. The van der Waals surface area contributed by atoms with Gasteiger partial charge in [0.1, 0.15) is 5.60 Å². The van der Waals surface area contributed by atoms with Gasteiger partial charge >= 0.3 is 6.09 Å². The predicted octanol–water partition coefficient (Wildman–Crippen LogP) is 1.71. The Morgan fingerprint density at radius 2 is 2.21 bits per heavy atom. The number of nitrogens with zero attached hydrogens (tertiary/aromatic N) is 1. The molecule has 1 heterocycles. The van der Waals surface area contributed by atoms with Crippen molar-refractivity contribution >= 4 is 12.4 Å². The first-order valence-corrected chi connectivity index (χ1v) is 4.60. The van der Waals surface area contributed by atoms with Gasteiger partial charge in [0.15, 0.2) is 6.29 Å². The van der Waals surface area contributed by atoms with Gasteiger partial charge in [-0.2, -0.15) is 0 Å². The molecule has 0 atom stereocenters. The summed E-state index contributed by atoms with van der Waals surface area (Å²) in [5, 5.41) is 0. The summed E-state index contributed by atoms with van der Waals surface area (Å²) in [4.78, 5) is 23.5. The van der Waals surface area contributed by atoms with Crippen molar-refractivity contribution in [1.29, 1.82) is 0 Å². The van der Waals surface area contributed by atoms with Gasteiger partial charge in [-0.05, 0) is 27.2 Å². The molecule has 0 unspecified atom stereocenters. The molecule has 1 rings (SSSR count). The number of amides is 1. The van der Waals surface area contributed by atoms with Crippen LogP contribution in [0.5, 0.6) is 0 Å². The highest BCUT2D eigenvalue weighted by Gasteiger charge is 2.26. The van der Waals surface area contributed by atoms with Crippen LogP contribution in [-0.4, -0.2) is 29.4 Å². The van der Waals surface area contributed by atoms with Crippen LogP contribution in [0.25, 0.3) is 0 Å². The van der Waals surface area contributed by atoms with Crippen LogP contribution in [0.2, 0.25) is 0 Å². The lowest BCUT2D eigenvalue weighted by Crippen LogP contribution is -2.35. The molecule has 1 amide bonds. The summed E-state index contributed by atoms with van der Waals surface area (Å²) in [5.41, 5.74) is -0.118. The molecule has 0 bridgehead atoms. The molecule has 1 aliphatic heterocycles. The molecule has 78 valence electrons. The topological polar surface area (TPSA) is 46.6 Å². The zero-order valence-electron chi connectivity index (χ0n) is 8.74. The third-order valence-electron chi connectivity index (χ3n) is 1.75. The molecule has 0 aromatic rings. The monoisotopic (exact) mass is 197 g/mol. The Bertz CT molecular complexity index is 276. The summed E-state index contributed by atoms with van der Waals surface area (Å²) < 4.78 is 5.14. The maximum Gasteiger partial charge on any atom is 0.414 e. The predicted molar refractivity (Wildman–Crippen MR) is 51.7 cm³/mol. The number of ether oxygens (including phenoxy) is 1. The van der Waals surface area contributed by atoms with Crippen molar-refractivity contribution in [2.75, 3.05) is 6.54 Å². The van der Waals surface area contributed by atoms with E-state index in [0.29, 0.717) is 24.9 Å². The Kier molecular flexibility index (Phi) is 2.93. The lowest BCUT2D eigenvalue weighted by atomic mass is 10.2. The van der Waals surface area contributed by atoms with E-state index in [1.165, 1.54) is 4.90 Å². The minimum Gasteiger partial charge on any atom is -0.443 e.